The van der Waals surface area contributed by atoms with Gasteiger partial charge in [-0.25, -0.2) is 4.98 Å². The number of benzene rings is 2. The summed E-state index contributed by atoms with van der Waals surface area (Å²) in [6, 6.07) is 18.1. The molecule has 27 heavy (non-hydrogen) atoms. The molecule has 0 aliphatic carbocycles. The summed E-state index contributed by atoms with van der Waals surface area (Å²) < 4.78 is 1.05. The molecule has 0 saturated heterocycles. The quantitative estimate of drug-likeness (QED) is 0.631. The van der Waals surface area contributed by atoms with E-state index in [-0.39, 0.29) is 5.91 Å². The van der Waals surface area contributed by atoms with Gasteiger partial charge in [-0.15, -0.1) is 0 Å². The zero-order valence-electron chi connectivity index (χ0n) is 15.3. The molecule has 2 heterocycles. The van der Waals surface area contributed by atoms with E-state index in [4.69, 9.17) is 0 Å². The predicted octanol–water partition coefficient (Wildman–Crippen LogP) is 4.08. The topological polar surface area (TPSA) is 48.8 Å². The maximum atomic E-state index is 13.0. The van der Waals surface area contributed by atoms with Crippen molar-refractivity contribution in [3.05, 3.63) is 71.9 Å². The molecule has 2 aromatic carbocycles. The summed E-state index contributed by atoms with van der Waals surface area (Å²) in [6.45, 7) is 0. The maximum absolute atomic E-state index is 13.0. The van der Waals surface area contributed by atoms with Crippen LogP contribution >= 0.6 is 11.3 Å². The zero-order chi connectivity index (χ0) is 18.8. The lowest BCUT2D eigenvalue weighted by Gasteiger charge is -2.09. The van der Waals surface area contributed by atoms with Crippen LogP contribution in [-0.4, -0.2) is 35.6 Å². The molecule has 0 atom stereocenters. The summed E-state index contributed by atoms with van der Waals surface area (Å²) in [5, 5.41) is 6.69. The molecule has 1 aromatic heterocycles. The van der Waals surface area contributed by atoms with Crippen LogP contribution in [0.1, 0.15) is 12.0 Å². The largest absolute Gasteiger partial charge is 0.383 e. The second-order valence-corrected chi connectivity index (χ2v) is 7.63. The van der Waals surface area contributed by atoms with Crippen LogP contribution in [0.4, 0.5) is 5.13 Å². The number of fused-ring (bicyclic) bond motifs is 1. The summed E-state index contributed by atoms with van der Waals surface area (Å²) >= 11 is 1.48. The fraction of sp³-hybridized carbons (Fsp3) is 0.190. The van der Waals surface area contributed by atoms with Crippen LogP contribution in [0.5, 0.6) is 0 Å². The molecule has 0 bridgehead atoms. The van der Waals surface area contributed by atoms with Gasteiger partial charge in [0.25, 0.3) is 5.91 Å². The lowest BCUT2D eigenvalue weighted by molar-refractivity contribution is -0.114. The average Bonchev–Trinajstić information content (AvgIpc) is 3.22. The Hall–Kier alpha value is -2.99. The molecule has 0 saturated carbocycles. The molecule has 0 radical (unpaired) electrons. The Morgan fingerprint density at radius 1 is 1.04 bits per heavy atom. The average molecular weight is 376 g/mol. The smallest absolute Gasteiger partial charge is 0.284 e. The van der Waals surface area contributed by atoms with Gasteiger partial charge in [0, 0.05) is 20.3 Å². The second kappa shape index (κ2) is 7.32. The molecule has 1 amide bonds. The SMILES string of the molecule is CN(C)/C=C1/C(=O)N(c2nc3ccccc3s2)N=C1CCc1ccccc1. The summed E-state index contributed by atoms with van der Waals surface area (Å²) in [6.07, 6.45) is 3.39. The number of thiazole rings is 1. The van der Waals surface area contributed by atoms with Crippen molar-refractivity contribution in [1.29, 1.82) is 0 Å². The van der Waals surface area contributed by atoms with Gasteiger partial charge in [-0.3, -0.25) is 4.79 Å². The molecule has 6 heteroatoms. The summed E-state index contributed by atoms with van der Waals surface area (Å²) in [5.74, 6) is -0.120. The molecule has 5 nitrogen and oxygen atoms in total. The fourth-order valence-electron chi connectivity index (χ4n) is 3.02. The van der Waals surface area contributed by atoms with Crippen LogP contribution in [0.2, 0.25) is 0 Å². The van der Waals surface area contributed by atoms with Crippen LogP contribution in [-0.2, 0) is 11.2 Å². The molecule has 0 N–H and O–H groups in total. The molecule has 4 rings (SSSR count). The Morgan fingerprint density at radius 3 is 2.52 bits per heavy atom. The number of aromatic nitrogens is 1. The van der Waals surface area contributed by atoms with E-state index >= 15 is 0 Å². The standard InChI is InChI=1S/C21H20N4OS/c1-24(2)14-16-17(13-12-15-8-4-3-5-9-15)23-25(20(16)26)21-22-18-10-6-7-11-19(18)27-21/h3-11,14H,12-13H2,1-2H3/b16-14+. The monoisotopic (exact) mass is 376 g/mol. The third-order valence-corrected chi connectivity index (χ3v) is 5.31. The van der Waals surface area contributed by atoms with Crippen molar-refractivity contribution in [2.24, 2.45) is 5.10 Å². The molecule has 136 valence electrons. The van der Waals surface area contributed by atoms with Crippen LogP contribution in [0, 0.1) is 0 Å². The van der Waals surface area contributed by atoms with Gasteiger partial charge < -0.3 is 4.90 Å². The van der Waals surface area contributed by atoms with E-state index < -0.39 is 0 Å². The van der Waals surface area contributed by atoms with Gasteiger partial charge in [-0.1, -0.05) is 53.8 Å². The maximum Gasteiger partial charge on any atom is 0.284 e. The molecule has 1 aliphatic rings. The number of hydrogen-bond acceptors (Lipinski definition) is 5. The number of amides is 1. The number of hydrogen-bond donors (Lipinski definition) is 0. The summed E-state index contributed by atoms with van der Waals surface area (Å²) in [5.41, 5.74) is 3.55. The van der Waals surface area contributed by atoms with Crippen molar-refractivity contribution in [3.8, 4) is 0 Å². The number of carbonyl (C=O) groups is 1. The lowest BCUT2D eigenvalue weighted by Crippen LogP contribution is -2.22. The highest BCUT2D eigenvalue weighted by Gasteiger charge is 2.33. The third kappa shape index (κ3) is 3.61. The fourth-order valence-corrected chi connectivity index (χ4v) is 3.93. The minimum atomic E-state index is -0.120. The molecular formula is C21H20N4OS. The van der Waals surface area contributed by atoms with E-state index in [1.165, 1.54) is 21.9 Å². The van der Waals surface area contributed by atoms with E-state index in [1.54, 1.807) is 0 Å². The van der Waals surface area contributed by atoms with Crippen molar-refractivity contribution in [1.82, 2.24) is 9.88 Å². The second-order valence-electron chi connectivity index (χ2n) is 6.62. The van der Waals surface area contributed by atoms with Gasteiger partial charge in [0.15, 0.2) is 0 Å². The van der Waals surface area contributed by atoms with Crippen LogP contribution in [0.15, 0.2) is 71.5 Å². The molecule has 0 spiro atoms. The van der Waals surface area contributed by atoms with E-state index in [2.05, 4.69) is 22.2 Å². The lowest BCUT2D eigenvalue weighted by atomic mass is 10.0. The highest BCUT2D eigenvalue weighted by molar-refractivity contribution is 7.22. The van der Waals surface area contributed by atoms with E-state index in [9.17, 15) is 4.79 Å². The number of rotatable bonds is 5. The van der Waals surface area contributed by atoms with Crippen LogP contribution in [0.25, 0.3) is 10.2 Å². The predicted molar refractivity (Wildman–Crippen MR) is 111 cm³/mol. The molecule has 0 fully saturated rings. The Labute approximate surface area is 162 Å². The van der Waals surface area contributed by atoms with Gasteiger partial charge >= 0.3 is 0 Å². The zero-order valence-corrected chi connectivity index (χ0v) is 16.1. The van der Waals surface area contributed by atoms with Gasteiger partial charge in [-0.05, 0) is 30.5 Å². The van der Waals surface area contributed by atoms with E-state index in [1.807, 2.05) is 67.7 Å². The molecule has 0 unspecified atom stereocenters. The van der Waals surface area contributed by atoms with Gasteiger partial charge in [0.05, 0.1) is 21.5 Å². The Bertz CT molecular complexity index is 1000. The Kier molecular flexibility index (Phi) is 4.73. The minimum Gasteiger partial charge on any atom is -0.383 e. The van der Waals surface area contributed by atoms with Crippen LogP contribution in [0.3, 0.4) is 0 Å². The number of aryl methyl sites for hydroxylation is 1. The Balaban J connectivity index is 1.65. The third-order valence-electron chi connectivity index (χ3n) is 4.30. The first-order valence-electron chi connectivity index (χ1n) is 8.82. The highest BCUT2D eigenvalue weighted by Crippen LogP contribution is 2.32. The highest BCUT2D eigenvalue weighted by atomic mass is 32.1. The first-order valence-corrected chi connectivity index (χ1v) is 9.63. The van der Waals surface area contributed by atoms with Gasteiger partial charge in [-0.2, -0.15) is 10.1 Å². The van der Waals surface area contributed by atoms with Crippen molar-refractivity contribution in [2.45, 2.75) is 12.8 Å². The summed E-state index contributed by atoms with van der Waals surface area (Å²) in [4.78, 5) is 19.5. The van der Waals surface area contributed by atoms with Crippen molar-refractivity contribution < 1.29 is 4.79 Å². The van der Waals surface area contributed by atoms with Gasteiger partial charge in [0.2, 0.25) is 5.13 Å². The molecular weight excluding hydrogens is 356 g/mol. The number of hydrazone groups is 1. The molecule has 1 aliphatic heterocycles. The van der Waals surface area contributed by atoms with Crippen molar-refractivity contribution >= 4 is 38.3 Å². The summed E-state index contributed by atoms with van der Waals surface area (Å²) in [7, 11) is 3.82. The Morgan fingerprint density at radius 2 is 1.78 bits per heavy atom. The van der Waals surface area contributed by atoms with Gasteiger partial charge in [0.1, 0.15) is 0 Å². The first-order chi connectivity index (χ1) is 13.1. The minimum absolute atomic E-state index is 0.120. The number of para-hydroxylation sites is 1. The normalized spacial score (nSPS) is 15.6. The first kappa shape index (κ1) is 17.4. The van der Waals surface area contributed by atoms with Crippen molar-refractivity contribution in [2.75, 3.05) is 19.1 Å². The number of nitrogens with zero attached hydrogens (tertiary/aromatic N) is 4. The molecule has 3 aromatic rings. The van der Waals surface area contributed by atoms with Crippen molar-refractivity contribution in [3.63, 3.8) is 0 Å². The van der Waals surface area contributed by atoms with Crippen LogP contribution < -0.4 is 5.01 Å². The number of anilines is 1. The van der Waals surface area contributed by atoms with E-state index in [0.717, 1.165) is 22.3 Å². The number of carbonyl (C=O) groups excluding carboxylic acids is 1. The van der Waals surface area contributed by atoms with E-state index in [0.29, 0.717) is 17.1 Å².